The zero-order valence-corrected chi connectivity index (χ0v) is 12.2. The lowest BCUT2D eigenvalue weighted by Crippen LogP contribution is -2.28. The van der Waals surface area contributed by atoms with Crippen molar-refractivity contribution in [3.05, 3.63) is 28.6 Å². The Morgan fingerprint density at radius 2 is 2.40 bits per heavy atom. The topological polar surface area (TPSA) is 83.8 Å². The summed E-state index contributed by atoms with van der Waals surface area (Å²) in [5.41, 5.74) is 6.76. The van der Waals surface area contributed by atoms with E-state index in [4.69, 9.17) is 5.73 Å². The van der Waals surface area contributed by atoms with E-state index in [0.29, 0.717) is 22.5 Å². The van der Waals surface area contributed by atoms with E-state index < -0.39 is 0 Å². The van der Waals surface area contributed by atoms with Crippen LogP contribution < -0.4 is 16.6 Å². The Morgan fingerprint density at radius 3 is 3.15 bits per heavy atom. The summed E-state index contributed by atoms with van der Waals surface area (Å²) in [4.78, 5) is 19.2. The highest BCUT2D eigenvalue weighted by molar-refractivity contribution is 8.00. The number of fused-ring (bicyclic) bond motifs is 1. The number of rotatable bonds is 3. The van der Waals surface area contributed by atoms with Crippen LogP contribution in [0, 0.1) is 0 Å². The van der Waals surface area contributed by atoms with Crippen molar-refractivity contribution in [3.63, 3.8) is 0 Å². The molecule has 20 heavy (non-hydrogen) atoms. The van der Waals surface area contributed by atoms with Crippen molar-refractivity contribution in [2.75, 3.05) is 23.3 Å². The molecule has 106 valence electrons. The number of aromatic amines is 1. The molecular formula is C14H18N4OS. The average Bonchev–Trinajstić information content (AvgIpc) is 2.85. The largest absolute Gasteiger partial charge is 0.399 e. The molecule has 4 N–H and O–H groups in total. The third-order valence-electron chi connectivity index (χ3n) is 3.66. The molecule has 0 radical (unpaired) electrons. The van der Waals surface area contributed by atoms with Crippen molar-refractivity contribution in [1.29, 1.82) is 0 Å². The van der Waals surface area contributed by atoms with E-state index in [1.54, 1.807) is 18.2 Å². The maximum atomic E-state index is 12.0. The lowest BCUT2D eigenvalue weighted by atomic mass is 10.1. The molecule has 5 nitrogen and oxygen atoms in total. The molecule has 0 bridgehead atoms. The van der Waals surface area contributed by atoms with Gasteiger partial charge in [0.05, 0.1) is 10.9 Å². The molecule has 2 heterocycles. The number of aromatic nitrogens is 2. The number of H-pyrrole nitrogens is 1. The van der Waals surface area contributed by atoms with Gasteiger partial charge in [-0.15, -0.1) is 0 Å². The maximum Gasteiger partial charge on any atom is 0.260 e. The molecule has 1 aliphatic heterocycles. The first kappa shape index (κ1) is 13.3. The van der Waals surface area contributed by atoms with Crippen LogP contribution in [0.3, 0.4) is 0 Å². The summed E-state index contributed by atoms with van der Waals surface area (Å²) in [5, 5.41) is 3.78. The number of benzene rings is 1. The van der Waals surface area contributed by atoms with Crippen LogP contribution in [0.5, 0.6) is 0 Å². The van der Waals surface area contributed by atoms with Crippen molar-refractivity contribution in [2.24, 2.45) is 0 Å². The number of anilines is 2. The van der Waals surface area contributed by atoms with Gasteiger partial charge in [0.1, 0.15) is 0 Å². The van der Waals surface area contributed by atoms with Gasteiger partial charge in [0.15, 0.2) is 0 Å². The van der Waals surface area contributed by atoms with Gasteiger partial charge in [0.2, 0.25) is 5.95 Å². The number of thioether (sulfide) groups is 1. The van der Waals surface area contributed by atoms with Crippen LogP contribution in [0.1, 0.15) is 19.8 Å². The highest BCUT2D eigenvalue weighted by Crippen LogP contribution is 2.37. The molecule has 1 aromatic carbocycles. The highest BCUT2D eigenvalue weighted by atomic mass is 32.2. The van der Waals surface area contributed by atoms with Gasteiger partial charge >= 0.3 is 0 Å². The Hall–Kier alpha value is -1.69. The van der Waals surface area contributed by atoms with Crippen LogP contribution in [0.25, 0.3) is 10.9 Å². The number of nitrogens with one attached hydrogen (secondary N) is 2. The van der Waals surface area contributed by atoms with E-state index in [1.807, 2.05) is 11.8 Å². The molecule has 0 aliphatic carbocycles. The quantitative estimate of drug-likeness (QED) is 0.755. The van der Waals surface area contributed by atoms with Crippen LogP contribution in [-0.2, 0) is 0 Å². The van der Waals surface area contributed by atoms with Crippen LogP contribution in [0.15, 0.2) is 23.0 Å². The van der Waals surface area contributed by atoms with Crippen molar-refractivity contribution >= 4 is 34.3 Å². The summed E-state index contributed by atoms with van der Waals surface area (Å²) in [6, 6.07) is 5.18. The summed E-state index contributed by atoms with van der Waals surface area (Å²) in [6.45, 7) is 3.05. The van der Waals surface area contributed by atoms with E-state index >= 15 is 0 Å². The highest BCUT2D eigenvalue weighted by Gasteiger charge is 2.29. The standard InChI is InChI=1S/C14H18N4OS/c1-14(5-2-6-20-14)8-16-13-17-11-4-3-9(15)7-10(11)12(19)18-13/h3-4,7H,2,5-6,8,15H2,1H3,(H2,16,17,18,19). The first-order valence-corrected chi connectivity index (χ1v) is 7.72. The van der Waals surface area contributed by atoms with Crippen LogP contribution in [-0.4, -0.2) is 27.0 Å². The second-order valence-electron chi connectivity index (χ2n) is 5.45. The van der Waals surface area contributed by atoms with Gasteiger partial charge in [-0.2, -0.15) is 11.8 Å². The van der Waals surface area contributed by atoms with E-state index in [9.17, 15) is 4.79 Å². The lowest BCUT2D eigenvalue weighted by Gasteiger charge is -2.22. The molecule has 6 heteroatoms. The first-order valence-electron chi connectivity index (χ1n) is 6.73. The van der Waals surface area contributed by atoms with Gasteiger partial charge < -0.3 is 11.1 Å². The number of nitrogen functional groups attached to an aromatic ring is 1. The molecule has 1 unspecified atom stereocenters. The number of hydrogen-bond acceptors (Lipinski definition) is 5. The Morgan fingerprint density at radius 1 is 1.55 bits per heavy atom. The molecule has 1 aromatic heterocycles. The second kappa shape index (κ2) is 5.01. The Bertz CT molecular complexity index is 691. The van der Waals surface area contributed by atoms with E-state index in [-0.39, 0.29) is 10.3 Å². The van der Waals surface area contributed by atoms with Gasteiger partial charge in [-0.05, 0) is 43.7 Å². The van der Waals surface area contributed by atoms with Gasteiger partial charge in [0, 0.05) is 17.0 Å². The minimum absolute atomic E-state index is 0.158. The molecule has 1 fully saturated rings. The third-order valence-corrected chi connectivity index (χ3v) is 5.20. The Kier molecular flexibility index (Phi) is 3.33. The minimum atomic E-state index is -0.158. The molecule has 3 rings (SSSR count). The normalized spacial score (nSPS) is 22.2. The van der Waals surface area contributed by atoms with Crippen molar-refractivity contribution in [1.82, 2.24) is 9.97 Å². The van der Waals surface area contributed by atoms with Gasteiger partial charge in [0.25, 0.3) is 5.56 Å². The third kappa shape index (κ3) is 2.60. The predicted molar refractivity (Wildman–Crippen MR) is 85.4 cm³/mol. The fourth-order valence-electron chi connectivity index (χ4n) is 2.49. The first-order chi connectivity index (χ1) is 9.56. The van der Waals surface area contributed by atoms with E-state index in [0.717, 1.165) is 6.54 Å². The van der Waals surface area contributed by atoms with Gasteiger partial charge in [-0.1, -0.05) is 0 Å². The molecule has 1 aliphatic rings. The molecule has 0 saturated carbocycles. The smallest absolute Gasteiger partial charge is 0.260 e. The van der Waals surface area contributed by atoms with Crippen molar-refractivity contribution in [2.45, 2.75) is 24.5 Å². The van der Waals surface area contributed by atoms with Gasteiger partial charge in [-0.3, -0.25) is 9.78 Å². The predicted octanol–water partition coefficient (Wildman–Crippen LogP) is 2.20. The van der Waals surface area contributed by atoms with Crippen LogP contribution >= 0.6 is 11.8 Å². The molecule has 0 spiro atoms. The molecule has 1 atom stereocenters. The van der Waals surface area contributed by atoms with E-state index in [2.05, 4.69) is 22.2 Å². The summed E-state index contributed by atoms with van der Waals surface area (Å²) in [5.74, 6) is 1.74. The monoisotopic (exact) mass is 290 g/mol. The fourth-order valence-corrected chi connectivity index (χ4v) is 3.73. The minimum Gasteiger partial charge on any atom is -0.399 e. The Labute approximate surface area is 121 Å². The average molecular weight is 290 g/mol. The van der Waals surface area contributed by atoms with Crippen LogP contribution in [0.4, 0.5) is 11.6 Å². The summed E-state index contributed by atoms with van der Waals surface area (Å²) >= 11 is 1.97. The van der Waals surface area contributed by atoms with Crippen LogP contribution in [0.2, 0.25) is 0 Å². The molecule has 0 amide bonds. The zero-order valence-electron chi connectivity index (χ0n) is 11.4. The molecule has 1 saturated heterocycles. The molecule has 2 aromatic rings. The molecular weight excluding hydrogens is 272 g/mol. The summed E-state index contributed by atoms with van der Waals surface area (Å²) in [7, 11) is 0. The zero-order chi connectivity index (χ0) is 14.2. The second-order valence-corrected chi connectivity index (χ2v) is 7.13. The number of nitrogens with zero attached hydrogens (tertiary/aromatic N) is 1. The van der Waals surface area contributed by atoms with Crippen molar-refractivity contribution in [3.8, 4) is 0 Å². The van der Waals surface area contributed by atoms with Gasteiger partial charge in [-0.25, -0.2) is 4.98 Å². The SMILES string of the molecule is CC1(CNc2nc3ccc(N)cc3c(=O)[nH]2)CCCS1. The number of hydrogen-bond donors (Lipinski definition) is 3. The summed E-state index contributed by atoms with van der Waals surface area (Å²) in [6.07, 6.45) is 2.45. The van der Waals surface area contributed by atoms with Crippen molar-refractivity contribution < 1.29 is 0 Å². The Balaban J connectivity index is 1.85. The van der Waals surface area contributed by atoms with E-state index in [1.165, 1.54) is 18.6 Å². The lowest BCUT2D eigenvalue weighted by molar-refractivity contribution is 0.632. The fraction of sp³-hybridized carbons (Fsp3) is 0.429. The number of nitrogens with two attached hydrogens (primary N) is 1. The maximum absolute atomic E-state index is 12.0. The summed E-state index contributed by atoms with van der Waals surface area (Å²) < 4.78 is 0.231.